The maximum atomic E-state index is 9.67. The van der Waals surface area contributed by atoms with Gasteiger partial charge in [-0.1, -0.05) is 0 Å². The molecule has 0 spiro atoms. The van der Waals surface area contributed by atoms with Crippen molar-refractivity contribution >= 4 is 23.7 Å². The van der Waals surface area contributed by atoms with Crippen LogP contribution in [0.5, 0.6) is 0 Å². The van der Waals surface area contributed by atoms with Crippen molar-refractivity contribution < 1.29 is 88.8 Å². The third-order valence-corrected chi connectivity index (χ3v) is 0.982. The molecular weight excluding hydrogens is 302 g/mol. The summed E-state index contributed by atoms with van der Waals surface area (Å²) in [4.78, 5) is 35.9. The maximum Gasteiger partial charge on any atom is 1.00 e. The van der Waals surface area contributed by atoms with Gasteiger partial charge < -0.3 is 21.0 Å². The van der Waals surface area contributed by atoms with Gasteiger partial charge in [0.05, 0.1) is 9.85 Å². The van der Waals surface area contributed by atoms with Crippen LogP contribution in [0.3, 0.4) is 0 Å². The van der Waals surface area contributed by atoms with Gasteiger partial charge in [0.1, 0.15) is 0 Å². The van der Waals surface area contributed by atoms with Crippen molar-refractivity contribution in [2.24, 2.45) is 0 Å². The maximum absolute atomic E-state index is 9.67. The van der Waals surface area contributed by atoms with Crippen molar-refractivity contribution in [3.63, 3.8) is 0 Å². The summed E-state index contributed by atoms with van der Waals surface area (Å²) in [6.07, 6.45) is 0. The quantitative estimate of drug-likeness (QED) is 0.167. The van der Waals surface area contributed by atoms with Crippen LogP contribution >= 0.6 is 0 Å². The van der Waals surface area contributed by atoms with Crippen molar-refractivity contribution in [2.45, 2.75) is 0 Å². The smallest absolute Gasteiger partial charge is 0.757 e. The molecule has 0 fully saturated rings. The molecule has 0 amide bonds. The van der Waals surface area contributed by atoms with Crippen LogP contribution in [0.2, 0.25) is 0 Å². The molecule has 0 aliphatic carbocycles. The summed E-state index contributed by atoms with van der Waals surface area (Å²) in [5, 5.41) is 50.3. The molecule has 0 saturated heterocycles. The van der Waals surface area contributed by atoms with E-state index in [1.54, 1.807) is 0 Å². The summed E-state index contributed by atoms with van der Waals surface area (Å²) in [6, 6.07) is 0. The largest absolute Gasteiger partial charge is 1.00 e. The van der Waals surface area contributed by atoms with E-state index in [1.807, 2.05) is 0 Å². The molecule has 0 aliphatic heterocycles. The number of rotatable bonds is 4. The number of hydrogen-bond acceptors (Lipinski definition) is 6. The van der Waals surface area contributed by atoms with Crippen LogP contribution in [0.4, 0.5) is 0 Å². The van der Waals surface area contributed by atoms with Crippen LogP contribution in [0, 0.1) is 20.2 Å². The number of carboxylic acid groups (broad SMARTS) is 2. The van der Waals surface area contributed by atoms with Gasteiger partial charge in [-0.2, -0.15) is 11.7 Å². The van der Waals surface area contributed by atoms with Crippen LogP contribution < -0.4 is 59.1 Å². The summed E-state index contributed by atoms with van der Waals surface area (Å²) in [7, 11) is 0. The molecule has 0 bridgehead atoms. The number of aliphatic carboxylic acids is 2. The van der Waals surface area contributed by atoms with Crippen LogP contribution in [-0.2, 0) is 9.59 Å². The van der Waals surface area contributed by atoms with E-state index in [2.05, 4.69) is 0 Å². The van der Waals surface area contributed by atoms with Crippen LogP contribution in [0.15, 0.2) is 11.4 Å². The zero-order valence-electron chi connectivity index (χ0n) is 10.1. The Hall–Kier alpha value is -1.36. The Morgan fingerprint density at radius 3 is 1.05 bits per heavy atom. The molecule has 12 nitrogen and oxygen atoms in total. The molecule has 0 aromatic carbocycles. The zero-order valence-corrected chi connectivity index (χ0v) is 14.1. The zero-order chi connectivity index (χ0) is 14.9. The molecule has 0 aromatic heterocycles. The van der Waals surface area contributed by atoms with Gasteiger partial charge in [0.15, 0.2) is 0 Å². The summed E-state index contributed by atoms with van der Waals surface area (Å²) in [5.41, 5.74) is -2.73. The predicted octanol–water partition coefficient (Wildman–Crippen LogP) is -7.05. The summed E-state index contributed by atoms with van der Waals surface area (Å²) >= 11 is 0. The minimum atomic E-state index is -1.82. The number of nitro groups is 2. The summed E-state index contributed by atoms with van der Waals surface area (Å²) in [5.74, 6) is -1.80. The average molecular weight is 304 g/mol. The third kappa shape index (κ3) is 11.7. The van der Waals surface area contributed by atoms with Crippen molar-refractivity contribution in [3.05, 3.63) is 42.4 Å². The van der Waals surface area contributed by atoms with Gasteiger partial charge in [-0.05, 0) is 0 Å². The Balaban J connectivity index is -0.000000116. The van der Waals surface area contributed by atoms with Gasteiger partial charge in [-0.15, -0.1) is 0 Å². The predicted molar refractivity (Wildman–Crippen MR) is 53.0 cm³/mol. The van der Waals surface area contributed by atoms with Gasteiger partial charge >= 0.3 is 82.4 Å². The van der Waals surface area contributed by atoms with E-state index in [9.17, 15) is 29.8 Å². The van der Waals surface area contributed by atoms with E-state index in [1.165, 1.54) is 0 Å². The molecule has 2 N–H and O–H groups in total. The number of hydrogen-bond donors (Lipinski definition) is 2. The van der Waals surface area contributed by atoms with Crippen molar-refractivity contribution in [1.29, 1.82) is 0 Å². The normalized spacial score (nSPS) is 6.80. The molecule has 0 unspecified atom stereocenters. The Kier molecular flexibility index (Phi) is 19.0. The van der Waals surface area contributed by atoms with Crippen LogP contribution in [-0.4, -0.2) is 43.7 Å². The second-order valence-electron chi connectivity index (χ2n) is 2.05. The minimum absolute atomic E-state index is 0. The van der Waals surface area contributed by atoms with E-state index in [0.29, 0.717) is 0 Å². The summed E-state index contributed by atoms with van der Waals surface area (Å²) < 4.78 is 0. The summed E-state index contributed by atoms with van der Waals surface area (Å²) in [6.45, 7) is 0. The topological polar surface area (TPSA) is 205 Å². The average Bonchev–Trinajstić information content (AvgIpc) is 2.17. The van der Waals surface area contributed by atoms with Crippen LogP contribution in [0.25, 0.3) is 10.8 Å². The fourth-order valence-electron chi connectivity index (χ4n) is 0.333. The first-order valence-electron chi connectivity index (χ1n) is 3.48. The molecular formula is C6H2N4Na2O8. The first kappa shape index (κ1) is 27.1. The van der Waals surface area contributed by atoms with Gasteiger partial charge in [0.2, 0.25) is 0 Å². The van der Waals surface area contributed by atoms with E-state index >= 15 is 0 Å². The fraction of sp³-hybridized carbons (Fsp3) is 0. The van der Waals surface area contributed by atoms with Crippen LogP contribution in [0.1, 0.15) is 0 Å². The molecule has 14 heteroatoms. The Morgan fingerprint density at radius 2 is 1.05 bits per heavy atom. The van der Waals surface area contributed by atoms with Gasteiger partial charge in [-0.3, -0.25) is 20.2 Å². The second kappa shape index (κ2) is 14.1. The first-order valence-corrected chi connectivity index (χ1v) is 3.48. The molecule has 0 aromatic rings. The molecule has 0 atom stereocenters. The molecule has 0 rings (SSSR count). The molecule has 20 heavy (non-hydrogen) atoms. The van der Waals surface area contributed by atoms with E-state index in [-0.39, 0.29) is 59.1 Å². The fourth-order valence-corrected chi connectivity index (χ4v) is 0.333. The van der Waals surface area contributed by atoms with E-state index in [4.69, 9.17) is 21.0 Å². The van der Waals surface area contributed by atoms with E-state index < -0.39 is 33.2 Å². The number of carbonyl (C=O) groups is 2. The van der Waals surface area contributed by atoms with Gasteiger partial charge in [0, 0.05) is 0 Å². The van der Waals surface area contributed by atoms with Gasteiger partial charge in [-0.25, -0.2) is 9.59 Å². The Bertz CT molecular complexity index is 427. The van der Waals surface area contributed by atoms with Gasteiger partial charge in [0.25, 0.3) is 0 Å². The van der Waals surface area contributed by atoms with Crippen molar-refractivity contribution in [3.8, 4) is 0 Å². The number of carboxylic acids is 2. The second-order valence-corrected chi connectivity index (χ2v) is 2.05. The molecule has 0 radical (unpaired) electrons. The van der Waals surface area contributed by atoms with E-state index in [0.717, 1.165) is 11.7 Å². The SMILES string of the molecule is [N-]=C=C(C(=O)O)[N+](=O)[O-].[N-]=C=C(C(=O)O)[N+](=O)[O-].[Na+].[Na+]. The third-order valence-electron chi connectivity index (χ3n) is 0.982. The minimum Gasteiger partial charge on any atom is -0.757 e. The van der Waals surface area contributed by atoms with Crippen molar-refractivity contribution in [2.75, 3.05) is 0 Å². The standard InChI is InChI=1S/2C3HN2O4.2Na/c2*4-1-2(3(6)7)5(8)9;;/h2*(H,6,7);;/q2*-1;2*+1. The molecule has 0 saturated carbocycles. The Labute approximate surface area is 154 Å². The Morgan fingerprint density at radius 1 is 0.850 bits per heavy atom. The molecule has 0 aliphatic rings. The molecule has 96 valence electrons. The van der Waals surface area contributed by atoms with Crippen molar-refractivity contribution in [1.82, 2.24) is 0 Å². The monoisotopic (exact) mass is 304 g/mol. The first-order chi connectivity index (χ1) is 8.18. The molecule has 0 heterocycles. The number of nitrogens with zero attached hydrogens (tertiary/aromatic N) is 4.